The van der Waals surface area contributed by atoms with Crippen molar-refractivity contribution in [1.82, 2.24) is 0 Å². The van der Waals surface area contributed by atoms with Crippen LogP contribution in [0.4, 0.5) is 34.1 Å². The first kappa shape index (κ1) is 27.9. The Kier molecular flexibility index (Phi) is 6.73. The Morgan fingerprint density at radius 1 is 0.326 bits per heavy atom. The molecule has 0 unspecified atom stereocenters. The molecule has 8 rings (SSSR count). The van der Waals surface area contributed by atoms with E-state index in [1.165, 1.54) is 78.0 Å². The molecular formula is C44H36N2. The second kappa shape index (κ2) is 11.1. The molecule has 7 aromatic rings. The summed E-state index contributed by atoms with van der Waals surface area (Å²) in [5.41, 5.74) is 16.8. The molecule has 2 nitrogen and oxygen atoms in total. The highest BCUT2D eigenvalue weighted by Gasteiger charge is 2.33. The van der Waals surface area contributed by atoms with Gasteiger partial charge in [-0.2, -0.15) is 0 Å². The van der Waals surface area contributed by atoms with Crippen LogP contribution in [0.25, 0.3) is 33.0 Å². The van der Waals surface area contributed by atoms with Gasteiger partial charge >= 0.3 is 0 Å². The number of hydrogen-bond acceptors (Lipinski definition) is 2. The largest absolute Gasteiger partial charge is 0.306 e. The van der Waals surface area contributed by atoms with Crippen LogP contribution in [-0.2, 0) is 0 Å². The van der Waals surface area contributed by atoms with Crippen molar-refractivity contribution in [3.63, 3.8) is 0 Å². The summed E-state index contributed by atoms with van der Waals surface area (Å²) in [6.07, 6.45) is 0. The molecule has 222 valence electrons. The molecule has 46 heavy (non-hydrogen) atoms. The minimum absolute atomic E-state index is 1.16. The van der Waals surface area contributed by atoms with Gasteiger partial charge in [-0.25, -0.2) is 0 Å². The number of anilines is 6. The first-order valence-corrected chi connectivity index (χ1v) is 16.0. The molecular weight excluding hydrogens is 556 g/mol. The average Bonchev–Trinajstić information content (AvgIpc) is 3.05. The van der Waals surface area contributed by atoms with Crippen LogP contribution < -0.4 is 9.80 Å². The van der Waals surface area contributed by atoms with Gasteiger partial charge < -0.3 is 9.80 Å². The van der Waals surface area contributed by atoms with Gasteiger partial charge in [0.2, 0.25) is 0 Å². The Balaban J connectivity index is 1.53. The SMILES string of the molecule is Cc1cc(C)cc(N2c3cc(-c4ccccc4)c(-c4ccccc4)cc3N(c3cc(C)cc(C)c3)c3cc4ccccc4cc32)c1. The maximum absolute atomic E-state index is 2.48. The maximum Gasteiger partial charge on any atom is 0.0709 e. The fourth-order valence-corrected chi connectivity index (χ4v) is 7.20. The molecule has 1 aliphatic rings. The smallest absolute Gasteiger partial charge is 0.0709 e. The van der Waals surface area contributed by atoms with Crippen LogP contribution in [0.1, 0.15) is 22.3 Å². The molecule has 0 atom stereocenters. The molecule has 0 N–H and O–H groups in total. The molecule has 0 aromatic heterocycles. The number of nitrogens with zero attached hydrogens (tertiary/aromatic N) is 2. The standard InChI is InChI=1S/C44H36N2/c1-29-19-30(2)22-37(21-29)45-41-25-35-17-11-12-18-36(35)26-42(41)46(38-23-31(3)20-32(4)24-38)44-28-40(34-15-9-6-10-16-34)39(27-43(44)45)33-13-7-5-8-14-33/h5-28H,1-4H3. The van der Waals surface area contributed by atoms with Gasteiger partial charge in [-0.05, 0) is 132 Å². The highest BCUT2D eigenvalue weighted by atomic mass is 15.3. The van der Waals surface area contributed by atoms with Gasteiger partial charge in [0.15, 0.2) is 0 Å². The zero-order chi connectivity index (χ0) is 31.4. The van der Waals surface area contributed by atoms with E-state index in [-0.39, 0.29) is 0 Å². The van der Waals surface area contributed by atoms with Crippen molar-refractivity contribution in [1.29, 1.82) is 0 Å². The summed E-state index contributed by atoms with van der Waals surface area (Å²) in [6.45, 7) is 8.77. The van der Waals surface area contributed by atoms with Gasteiger partial charge in [0, 0.05) is 11.4 Å². The lowest BCUT2D eigenvalue weighted by molar-refractivity contribution is 1.16. The van der Waals surface area contributed by atoms with Crippen molar-refractivity contribution in [2.24, 2.45) is 0 Å². The second-order valence-corrected chi connectivity index (χ2v) is 12.7. The Hall–Kier alpha value is -5.60. The molecule has 1 aliphatic heterocycles. The van der Waals surface area contributed by atoms with Crippen molar-refractivity contribution >= 4 is 44.9 Å². The van der Waals surface area contributed by atoms with Crippen molar-refractivity contribution < 1.29 is 0 Å². The van der Waals surface area contributed by atoms with Gasteiger partial charge in [0.05, 0.1) is 22.7 Å². The lowest BCUT2D eigenvalue weighted by Gasteiger charge is -2.41. The molecule has 0 aliphatic carbocycles. The number of benzene rings is 7. The second-order valence-electron chi connectivity index (χ2n) is 12.7. The summed E-state index contributed by atoms with van der Waals surface area (Å²) in [7, 11) is 0. The fourth-order valence-electron chi connectivity index (χ4n) is 7.20. The number of rotatable bonds is 4. The zero-order valence-corrected chi connectivity index (χ0v) is 26.8. The predicted octanol–water partition coefficient (Wildman–Crippen LogP) is 12.7. The normalized spacial score (nSPS) is 12.3. The summed E-state index contributed by atoms with van der Waals surface area (Å²) in [6, 6.07) is 53.7. The van der Waals surface area contributed by atoms with E-state index in [0.717, 1.165) is 11.4 Å². The zero-order valence-electron chi connectivity index (χ0n) is 26.8. The molecule has 0 saturated carbocycles. The molecule has 0 radical (unpaired) electrons. The summed E-state index contributed by atoms with van der Waals surface area (Å²) < 4.78 is 0. The molecule has 0 spiro atoms. The van der Waals surface area contributed by atoms with Crippen molar-refractivity contribution in [3.8, 4) is 22.3 Å². The monoisotopic (exact) mass is 592 g/mol. The number of hydrogen-bond donors (Lipinski definition) is 0. The van der Waals surface area contributed by atoms with Crippen LogP contribution >= 0.6 is 0 Å². The van der Waals surface area contributed by atoms with Gasteiger partial charge in [0.1, 0.15) is 0 Å². The molecule has 0 amide bonds. The lowest BCUT2D eigenvalue weighted by atomic mass is 9.90. The van der Waals surface area contributed by atoms with E-state index in [1.807, 2.05) is 0 Å². The topological polar surface area (TPSA) is 6.48 Å². The number of fused-ring (bicyclic) bond motifs is 3. The van der Waals surface area contributed by atoms with Gasteiger partial charge in [-0.3, -0.25) is 0 Å². The quantitative estimate of drug-likeness (QED) is 0.201. The molecule has 2 heteroatoms. The third kappa shape index (κ3) is 4.83. The van der Waals surface area contributed by atoms with E-state index in [0.29, 0.717) is 0 Å². The Morgan fingerprint density at radius 3 is 1.02 bits per heavy atom. The van der Waals surface area contributed by atoms with E-state index in [4.69, 9.17) is 0 Å². The number of aryl methyl sites for hydroxylation is 4. The third-order valence-electron chi connectivity index (χ3n) is 9.02. The highest BCUT2D eigenvalue weighted by molar-refractivity contribution is 6.08. The highest BCUT2D eigenvalue weighted by Crippen LogP contribution is 2.57. The van der Waals surface area contributed by atoms with Gasteiger partial charge in [0.25, 0.3) is 0 Å². The molecule has 1 heterocycles. The minimum Gasteiger partial charge on any atom is -0.306 e. The molecule has 0 bridgehead atoms. The van der Waals surface area contributed by atoms with Crippen molar-refractivity contribution in [2.45, 2.75) is 27.7 Å². The molecule has 7 aromatic carbocycles. The maximum atomic E-state index is 2.48. The Morgan fingerprint density at radius 2 is 0.652 bits per heavy atom. The van der Waals surface area contributed by atoms with E-state index < -0.39 is 0 Å². The first-order valence-electron chi connectivity index (χ1n) is 16.0. The fraction of sp³-hybridized carbons (Fsp3) is 0.0909. The first-order chi connectivity index (χ1) is 22.4. The van der Waals surface area contributed by atoms with E-state index in [2.05, 4.69) is 183 Å². The van der Waals surface area contributed by atoms with Crippen LogP contribution in [0.2, 0.25) is 0 Å². The van der Waals surface area contributed by atoms with Crippen LogP contribution in [0.5, 0.6) is 0 Å². The van der Waals surface area contributed by atoms with Crippen LogP contribution in [0, 0.1) is 27.7 Å². The summed E-state index contributed by atoms with van der Waals surface area (Å²) >= 11 is 0. The van der Waals surface area contributed by atoms with E-state index in [9.17, 15) is 0 Å². The van der Waals surface area contributed by atoms with Gasteiger partial charge in [-0.15, -0.1) is 0 Å². The Bertz CT molecular complexity index is 2050. The summed E-state index contributed by atoms with van der Waals surface area (Å²) in [5.74, 6) is 0. The molecule has 0 saturated heterocycles. The van der Waals surface area contributed by atoms with E-state index >= 15 is 0 Å². The van der Waals surface area contributed by atoms with Crippen LogP contribution in [0.15, 0.2) is 146 Å². The van der Waals surface area contributed by atoms with Crippen molar-refractivity contribution in [2.75, 3.05) is 9.80 Å². The average molecular weight is 593 g/mol. The van der Waals surface area contributed by atoms with E-state index in [1.54, 1.807) is 0 Å². The van der Waals surface area contributed by atoms with Crippen molar-refractivity contribution in [3.05, 3.63) is 168 Å². The minimum atomic E-state index is 1.16. The lowest BCUT2D eigenvalue weighted by Crippen LogP contribution is -2.24. The van der Waals surface area contributed by atoms with Crippen LogP contribution in [-0.4, -0.2) is 0 Å². The third-order valence-corrected chi connectivity index (χ3v) is 9.02. The summed E-state index contributed by atoms with van der Waals surface area (Å²) in [5, 5.41) is 2.45. The molecule has 0 fully saturated rings. The Labute approximate surface area is 271 Å². The van der Waals surface area contributed by atoms with Gasteiger partial charge in [-0.1, -0.05) is 97.1 Å². The predicted molar refractivity (Wildman–Crippen MR) is 197 cm³/mol. The summed E-state index contributed by atoms with van der Waals surface area (Å²) in [4.78, 5) is 4.97. The van der Waals surface area contributed by atoms with Crippen LogP contribution in [0.3, 0.4) is 0 Å².